The van der Waals surface area contributed by atoms with Crippen molar-refractivity contribution in [3.63, 3.8) is 0 Å². The normalized spacial score (nSPS) is 26.4. The maximum atomic E-state index is 14.4. The minimum Gasteiger partial charge on any atom is -0.458 e. The van der Waals surface area contributed by atoms with E-state index in [-0.39, 0.29) is 31.2 Å². The quantitative estimate of drug-likeness (QED) is 0.150. The molecule has 0 aliphatic carbocycles. The molecule has 8 atom stereocenters. The van der Waals surface area contributed by atoms with Gasteiger partial charge in [-0.05, 0) is 68.1 Å². The van der Waals surface area contributed by atoms with Crippen LogP contribution in [0.3, 0.4) is 0 Å². The van der Waals surface area contributed by atoms with E-state index in [1.165, 1.54) is 11.8 Å². The zero-order valence-corrected chi connectivity index (χ0v) is 37.2. The number of ether oxygens (including phenoxy) is 1. The molecule has 2 aliphatic rings. The van der Waals surface area contributed by atoms with Gasteiger partial charge in [0.15, 0.2) is 0 Å². The van der Waals surface area contributed by atoms with E-state index in [0.717, 1.165) is 6.42 Å². The molecule has 0 spiro atoms. The van der Waals surface area contributed by atoms with E-state index in [1.54, 1.807) is 55.4 Å². The summed E-state index contributed by atoms with van der Waals surface area (Å²) >= 11 is 0. The number of fused-ring (bicyclic) bond motifs is 1. The summed E-state index contributed by atoms with van der Waals surface area (Å²) in [7, 11) is 0. The van der Waals surface area contributed by atoms with Gasteiger partial charge in [0.05, 0.1) is 0 Å². The fraction of sp³-hybridized carbons (Fsp3) is 0.810. The second-order valence-corrected chi connectivity index (χ2v) is 18.3. The van der Waals surface area contributed by atoms with Gasteiger partial charge in [-0.15, -0.1) is 0 Å². The summed E-state index contributed by atoms with van der Waals surface area (Å²) in [5.41, 5.74) is 0. The molecule has 0 radical (unpaired) electrons. The van der Waals surface area contributed by atoms with Crippen LogP contribution in [0.2, 0.25) is 0 Å². The fourth-order valence-electron chi connectivity index (χ4n) is 7.18. The predicted molar refractivity (Wildman–Crippen MR) is 219 cm³/mol. The second kappa shape index (κ2) is 22.8. The molecular formula is C42H73N7O9. The molecule has 2 fully saturated rings. The first-order valence-corrected chi connectivity index (χ1v) is 21.3. The van der Waals surface area contributed by atoms with Crippen LogP contribution < -0.4 is 31.9 Å². The van der Waals surface area contributed by atoms with Gasteiger partial charge >= 0.3 is 5.97 Å². The Balaban J connectivity index is 2.67. The molecule has 0 aromatic heterocycles. The third-order valence-corrected chi connectivity index (χ3v) is 10.7. The Labute approximate surface area is 345 Å². The number of cyclic esters (lactones) is 1. The standard InChI is InChI=1S/C42H73N7O9/c1-21(2)16-14-18-30(50)44-31(23(5)6)37(52)48-35-27(13)58-42(57)34(26(11)12)47-39(54)33(25(9)10)46-38(53)32(24(7)8)45-36(51)29-17-15-19-49(29)41(56)28(20-22(3)4)43-40(35)55/h21-29,31-35H,14-20H2,1-13H3,(H,43,55)(H,44,50)(H,45,51)(H,46,53)(H,47,54)(H,48,52)/t27-,28-,29+,31+,32+,33+,34+,35+/m1/s1. The Morgan fingerprint density at radius 3 is 1.76 bits per heavy atom. The van der Waals surface area contributed by atoms with Crippen molar-refractivity contribution in [2.24, 2.45) is 35.5 Å². The molecule has 16 heteroatoms. The Morgan fingerprint density at radius 2 is 1.26 bits per heavy atom. The van der Waals surface area contributed by atoms with Crippen molar-refractivity contribution in [2.75, 3.05) is 6.54 Å². The Hall–Kier alpha value is -4.24. The highest BCUT2D eigenvalue weighted by molar-refractivity contribution is 5.98. The first-order valence-electron chi connectivity index (χ1n) is 21.3. The van der Waals surface area contributed by atoms with Gasteiger partial charge in [-0.3, -0.25) is 33.6 Å². The van der Waals surface area contributed by atoms with Gasteiger partial charge in [-0.1, -0.05) is 89.5 Å². The second-order valence-electron chi connectivity index (χ2n) is 18.3. The number of hydrogen-bond donors (Lipinski definition) is 6. The Morgan fingerprint density at radius 1 is 0.724 bits per heavy atom. The van der Waals surface area contributed by atoms with Crippen molar-refractivity contribution in [3.8, 4) is 0 Å². The van der Waals surface area contributed by atoms with Gasteiger partial charge < -0.3 is 41.5 Å². The van der Waals surface area contributed by atoms with Crippen LogP contribution in [-0.2, 0) is 43.1 Å². The van der Waals surface area contributed by atoms with Gasteiger partial charge in [0.25, 0.3) is 0 Å². The minimum atomic E-state index is -1.55. The fourth-order valence-corrected chi connectivity index (χ4v) is 7.18. The van der Waals surface area contributed by atoms with Crippen molar-refractivity contribution in [1.82, 2.24) is 36.8 Å². The molecule has 0 saturated carbocycles. The lowest BCUT2D eigenvalue weighted by Crippen LogP contribution is -2.62. The topological polar surface area (TPSA) is 221 Å². The molecule has 0 bridgehead atoms. The van der Waals surface area contributed by atoms with Crippen LogP contribution in [0.1, 0.15) is 129 Å². The maximum Gasteiger partial charge on any atom is 0.329 e. The van der Waals surface area contributed by atoms with E-state index in [4.69, 9.17) is 4.74 Å². The van der Waals surface area contributed by atoms with E-state index < -0.39 is 113 Å². The third-order valence-electron chi connectivity index (χ3n) is 10.7. The van der Waals surface area contributed by atoms with Crippen LogP contribution in [0.25, 0.3) is 0 Å². The van der Waals surface area contributed by atoms with E-state index in [9.17, 15) is 38.4 Å². The molecule has 6 N–H and O–H groups in total. The average Bonchev–Trinajstić information content (AvgIpc) is 3.61. The summed E-state index contributed by atoms with van der Waals surface area (Å²) in [6.45, 7) is 23.4. The zero-order chi connectivity index (χ0) is 44.2. The van der Waals surface area contributed by atoms with Crippen LogP contribution in [0, 0.1) is 35.5 Å². The van der Waals surface area contributed by atoms with Gasteiger partial charge in [0, 0.05) is 13.0 Å². The molecule has 0 aromatic rings. The Kier molecular flexibility index (Phi) is 19.6. The van der Waals surface area contributed by atoms with Crippen molar-refractivity contribution in [3.05, 3.63) is 0 Å². The van der Waals surface area contributed by atoms with Gasteiger partial charge in [-0.25, -0.2) is 4.79 Å². The molecule has 0 aromatic carbocycles. The first kappa shape index (κ1) is 49.9. The van der Waals surface area contributed by atoms with Crippen molar-refractivity contribution in [2.45, 2.75) is 177 Å². The van der Waals surface area contributed by atoms with Crippen LogP contribution in [0.15, 0.2) is 0 Å². The summed E-state index contributed by atoms with van der Waals surface area (Å²) in [5, 5.41) is 16.6. The first-order chi connectivity index (χ1) is 27.0. The van der Waals surface area contributed by atoms with Crippen LogP contribution in [0.4, 0.5) is 0 Å². The highest BCUT2D eigenvalue weighted by atomic mass is 16.5. The molecule has 2 rings (SSSR count). The summed E-state index contributed by atoms with van der Waals surface area (Å²) in [4.78, 5) is 112. The van der Waals surface area contributed by atoms with Crippen molar-refractivity contribution >= 4 is 47.3 Å². The van der Waals surface area contributed by atoms with Gasteiger partial charge in [0.1, 0.15) is 48.4 Å². The zero-order valence-electron chi connectivity index (χ0n) is 37.2. The number of esters is 1. The Bertz CT molecular complexity index is 1460. The summed E-state index contributed by atoms with van der Waals surface area (Å²) in [6.07, 6.45) is 1.35. The molecule has 2 saturated heterocycles. The number of carbonyl (C=O) groups excluding carboxylic acids is 8. The van der Waals surface area contributed by atoms with E-state index in [2.05, 4.69) is 45.7 Å². The largest absolute Gasteiger partial charge is 0.458 e. The molecule has 7 amide bonds. The number of rotatable bonds is 13. The number of carbonyl (C=O) groups is 8. The van der Waals surface area contributed by atoms with E-state index in [1.807, 2.05) is 13.8 Å². The average molecular weight is 820 g/mol. The van der Waals surface area contributed by atoms with Crippen LogP contribution in [0.5, 0.6) is 0 Å². The van der Waals surface area contributed by atoms with Crippen molar-refractivity contribution in [1.29, 1.82) is 0 Å². The molecule has 58 heavy (non-hydrogen) atoms. The van der Waals surface area contributed by atoms with Crippen LogP contribution >= 0.6 is 0 Å². The molecule has 2 aliphatic heterocycles. The highest BCUT2D eigenvalue weighted by Crippen LogP contribution is 2.22. The smallest absolute Gasteiger partial charge is 0.329 e. The van der Waals surface area contributed by atoms with Gasteiger partial charge in [-0.2, -0.15) is 0 Å². The van der Waals surface area contributed by atoms with Gasteiger partial charge in [0.2, 0.25) is 41.4 Å². The molecule has 330 valence electrons. The summed E-state index contributed by atoms with van der Waals surface area (Å²) in [5.74, 6) is -6.46. The lowest BCUT2D eigenvalue weighted by Gasteiger charge is -2.33. The van der Waals surface area contributed by atoms with E-state index in [0.29, 0.717) is 25.2 Å². The summed E-state index contributed by atoms with van der Waals surface area (Å²) in [6, 6.07) is -8.04. The van der Waals surface area contributed by atoms with E-state index >= 15 is 0 Å². The van der Waals surface area contributed by atoms with Crippen molar-refractivity contribution < 1.29 is 43.1 Å². The molecular weight excluding hydrogens is 747 g/mol. The molecule has 16 nitrogen and oxygen atoms in total. The lowest BCUT2D eigenvalue weighted by molar-refractivity contribution is -0.157. The number of nitrogens with zero attached hydrogens (tertiary/aromatic N) is 1. The monoisotopic (exact) mass is 820 g/mol. The number of nitrogens with one attached hydrogen (secondary N) is 6. The molecule has 0 unspecified atom stereocenters. The third kappa shape index (κ3) is 14.5. The lowest BCUT2D eigenvalue weighted by atomic mass is 9.98. The molecule has 2 heterocycles. The maximum absolute atomic E-state index is 14.4. The number of amides is 7. The predicted octanol–water partition coefficient (Wildman–Crippen LogP) is 2.33. The SMILES string of the molecule is CC(C)CCCC(=O)N[C@H](C(=O)N[C@@H]1C(=O)N[C@H](CC(C)C)C(=O)N2CCC[C@H]2C(=O)N[C@@H](C(C)C)C(=O)N[C@@H](C(C)C)C(=O)N[C@@H](C(C)C)C(=O)O[C@@H]1C)C(C)C. The minimum absolute atomic E-state index is 0.0939. The highest BCUT2D eigenvalue weighted by Gasteiger charge is 2.43. The summed E-state index contributed by atoms with van der Waals surface area (Å²) < 4.78 is 5.86. The number of hydrogen-bond acceptors (Lipinski definition) is 9. The van der Waals surface area contributed by atoms with Crippen LogP contribution in [-0.4, -0.2) is 107 Å².